The summed E-state index contributed by atoms with van der Waals surface area (Å²) in [5.41, 5.74) is 7.96. The topological polar surface area (TPSA) is 64.2 Å². The average Bonchev–Trinajstić information content (AvgIpc) is 2.67. The summed E-state index contributed by atoms with van der Waals surface area (Å²) in [5.74, 6) is 0.559. The number of hydrogen-bond acceptors (Lipinski definition) is 3. The van der Waals surface area contributed by atoms with Gasteiger partial charge in [0.2, 0.25) is 0 Å². The molecule has 0 radical (unpaired) electrons. The summed E-state index contributed by atoms with van der Waals surface area (Å²) in [4.78, 5) is 14.7. The number of amides is 1. The molecule has 106 valence electrons. The minimum absolute atomic E-state index is 0.0197. The van der Waals surface area contributed by atoms with Crippen LogP contribution in [0.2, 0.25) is 0 Å². The summed E-state index contributed by atoms with van der Waals surface area (Å²) < 4.78 is 1.63. The molecule has 1 fully saturated rings. The summed E-state index contributed by atoms with van der Waals surface area (Å²) in [5, 5.41) is 4.33. The van der Waals surface area contributed by atoms with E-state index in [-0.39, 0.29) is 11.9 Å². The predicted molar refractivity (Wildman–Crippen MR) is 75.9 cm³/mol. The molecule has 0 spiro atoms. The number of hydrogen-bond donors (Lipinski definition) is 1. The zero-order chi connectivity index (χ0) is 14.2. The highest BCUT2D eigenvalue weighted by Gasteiger charge is 2.32. The number of carbonyl (C=O) groups excluding carboxylic acids is 1. The molecule has 0 aromatic carbocycles. The number of piperidine rings is 1. The maximum atomic E-state index is 12.7. The lowest BCUT2D eigenvalue weighted by atomic mass is 9.92. The molecule has 2 atom stereocenters. The summed E-state index contributed by atoms with van der Waals surface area (Å²) in [6.45, 7) is 7.14. The summed E-state index contributed by atoms with van der Waals surface area (Å²) in [7, 11) is 1.79. The first-order valence-electron chi connectivity index (χ1n) is 7.09. The van der Waals surface area contributed by atoms with Gasteiger partial charge in [-0.05, 0) is 32.1 Å². The van der Waals surface area contributed by atoms with E-state index in [1.54, 1.807) is 11.7 Å². The fourth-order valence-corrected chi connectivity index (χ4v) is 2.87. The van der Waals surface area contributed by atoms with E-state index >= 15 is 0 Å². The number of anilines is 1. The molecule has 1 amide bonds. The van der Waals surface area contributed by atoms with Crippen LogP contribution in [0.15, 0.2) is 0 Å². The van der Waals surface area contributed by atoms with Crippen LogP contribution in [0.25, 0.3) is 0 Å². The van der Waals surface area contributed by atoms with Gasteiger partial charge in [-0.25, -0.2) is 0 Å². The summed E-state index contributed by atoms with van der Waals surface area (Å²) >= 11 is 0. The van der Waals surface area contributed by atoms with Crippen LogP contribution in [0.4, 0.5) is 5.69 Å². The lowest BCUT2D eigenvalue weighted by Gasteiger charge is -2.37. The van der Waals surface area contributed by atoms with Gasteiger partial charge in [0.05, 0.1) is 11.4 Å². The van der Waals surface area contributed by atoms with E-state index in [9.17, 15) is 4.79 Å². The Bertz CT molecular complexity index is 480. The number of rotatable bonds is 2. The highest BCUT2D eigenvalue weighted by Crippen LogP contribution is 2.26. The Labute approximate surface area is 114 Å². The molecule has 1 aliphatic rings. The highest BCUT2D eigenvalue weighted by atomic mass is 16.2. The molecule has 0 bridgehead atoms. The highest BCUT2D eigenvalue weighted by molar-refractivity contribution is 5.98. The molecular formula is C14H24N4O. The van der Waals surface area contributed by atoms with E-state index < -0.39 is 0 Å². The van der Waals surface area contributed by atoms with E-state index in [2.05, 4.69) is 18.9 Å². The van der Waals surface area contributed by atoms with Gasteiger partial charge in [-0.1, -0.05) is 13.8 Å². The van der Waals surface area contributed by atoms with Gasteiger partial charge in [-0.2, -0.15) is 5.10 Å². The number of carbonyl (C=O) groups is 1. The van der Waals surface area contributed by atoms with Crippen LogP contribution in [0.5, 0.6) is 0 Å². The molecule has 2 unspecified atom stereocenters. The van der Waals surface area contributed by atoms with Gasteiger partial charge < -0.3 is 10.6 Å². The van der Waals surface area contributed by atoms with Crippen LogP contribution in [-0.2, 0) is 13.5 Å². The van der Waals surface area contributed by atoms with Gasteiger partial charge in [0.15, 0.2) is 0 Å². The van der Waals surface area contributed by atoms with Crippen molar-refractivity contribution in [3.05, 3.63) is 11.4 Å². The monoisotopic (exact) mass is 264 g/mol. The Hall–Kier alpha value is -1.52. The standard InChI is InChI=1S/C14H24N4O/c1-5-11-12(15)13(17(4)16-11)14(19)18-8-6-7-9(2)10(18)3/h9-10H,5-8,15H2,1-4H3. The number of aromatic nitrogens is 2. The summed E-state index contributed by atoms with van der Waals surface area (Å²) in [6.07, 6.45) is 3.00. The molecular weight excluding hydrogens is 240 g/mol. The number of nitrogens with zero attached hydrogens (tertiary/aromatic N) is 3. The van der Waals surface area contributed by atoms with Crippen LogP contribution in [0.3, 0.4) is 0 Å². The van der Waals surface area contributed by atoms with Crippen molar-refractivity contribution >= 4 is 11.6 Å². The second-order valence-corrected chi connectivity index (χ2v) is 5.54. The smallest absolute Gasteiger partial charge is 0.274 e. The summed E-state index contributed by atoms with van der Waals surface area (Å²) in [6, 6.07) is 0.264. The van der Waals surface area contributed by atoms with E-state index in [0.29, 0.717) is 17.3 Å². The van der Waals surface area contributed by atoms with Crippen molar-refractivity contribution < 1.29 is 4.79 Å². The van der Waals surface area contributed by atoms with Gasteiger partial charge >= 0.3 is 0 Å². The molecule has 1 aliphatic heterocycles. The molecule has 2 N–H and O–H groups in total. The third-order valence-electron chi connectivity index (χ3n) is 4.33. The van der Waals surface area contributed by atoms with Crippen LogP contribution >= 0.6 is 0 Å². The van der Waals surface area contributed by atoms with Gasteiger partial charge in [0, 0.05) is 19.6 Å². The molecule has 2 rings (SSSR count). The van der Waals surface area contributed by atoms with Crippen molar-refractivity contribution in [3.8, 4) is 0 Å². The molecule has 5 nitrogen and oxygen atoms in total. The van der Waals surface area contributed by atoms with Crippen molar-refractivity contribution in [1.82, 2.24) is 14.7 Å². The van der Waals surface area contributed by atoms with Crippen LogP contribution in [0.1, 0.15) is 49.8 Å². The van der Waals surface area contributed by atoms with Crippen LogP contribution in [0, 0.1) is 5.92 Å². The lowest BCUT2D eigenvalue weighted by molar-refractivity contribution is 0.0541. The zero-order valence-corrected chi connectivity index (χ0v) is 12.3. The Morgan fingerprint density at radius 3 is 2.74 bits per heavy atom. The normalized spacial score (nSPS) is 23.7. The maximum absolute atomic E-state index is 12.7. The number of aryl methyl sites for hydroxylation is 2. The second-order valence-electron chi connectivity index (χ2n) is 5.54. The van der Waals surface area contributed by atoms with Gasteiger partial charge in [0.25, 0.3) is 5.91 Å². The fourth-order valence-electron chi connectivity index (χ4n) is 2.87. The van der Waals surface area contributed by atoms with Crippen LogP contribution < -0.4 is 5.73 Å². The first-order chi connectivity index (χ1) is 8.97. The second kappa shape index (κ2) is 5.23. The van der Waals surface area contributed by atoms with Gasteiger partial charge in [0.1, 0.15) is 5.69 Å². The number of nitrogens with two attached hydrogens (primary N) is 1. The fraction of sp³-hybridized carbons (Fsp3) is 0.714. The Morgan fingerprint density at radius 1 is 1.47 bits per heavy atom. The van der Waals surface area contributed by atoms with Crippen molar-refractivity contribution in [2.75, 3.05) is 12.3 Å². The van der Waals surface area contributed by atoms with Gasteiger partial charge in [-0.15, -0.1) is 0 Å². The molecule has 1 aromatic rings. The molecule has 0 aliphatic carbocycles. The Morgan fingerprint density at radius 2 is 2.16 bits per heavy atom. The first-order valence-corrected chi connectivity index (χ1v) is 7.09. The molecule has 5 heteroatoms. The SMILES string of the molecule is CCc1nn(C)c(C(=O)N2CCCC(C)C2C)c1N. The largest absolute Gasteiger partial charge is 0.395 e. The predicted octanol–water partition coefficient (Wildman–Crippen LogP) is 1.83. The minimum atomic E-state index is 0.0197. The van der Waals surface area contributed by atoms with Crippen molar-refractivity contribution in [2.45, 2.75) is 46.1 Å². The lowest BCUT2D eigenvalue weighted by Crippen LogP contribution is -2.46. The molecule has 1 aromatic heterocycles. The molecule has 1 saturated heterocycles. The number of likely N-dealkylation sites (tertiary alicyclic amines) is 1. The minimum Gasteiger partial charge on any atom is -0.395 e. The van der Waals surface area contributed by atoms with Crippen molar-refractivity contribution in [1.29, 1.82) is 0 Å². The van der Waals surface area contributed by atoms with Gasteiger partial charge in [-0.3, -0.25) is 9.48 Å². The Kier molecular flexibility index (Phi) is 3.83. The van der Waals surface area contributed by atoms with Crippen molar-refractivity contribution in [2.24, 2.45) is 13.0 Å². The first kappa shape index (κ1) is 13.9. The maximum Gasteiger partial charge on any atom is 0.274 e. The molecule has 0 saturated carbocycles. The van der Waals surface area contributed by atoms with E-state index in [4.69, 9.17) is 5.73 Å². The van der Waals surface area contributed by atoms with Crippen molar-refractivity contribution in [3.63, 3.8) is 0 Å². The van der Waals surface area contributed by atoms with E-state index in [1.807, 2.05) is 11.8 Å². The third kappa shape index (κ3) is 2.33. The quantitative estimate of drug-likeness (QED) is 0.886. The number of nitrogen functional groups attached to an aromatic ring is 1. The van der Waals surface area contributed by atoms with Crippen LogP contribution in [-0.4, -0.2) is 33.2 Å². The third-order valence-corrected chi connectivity index (χ3v) is 4.33. The zero-order valence-electron chi connectivity index (χ0n) is 12.3. The molecule has 19 heavy (non-hydrogen) atoms. The van der Waals surface area contributed by atoms with E-state index in [0.717, 1.165) is 25.1 Å². The van der Waals surface area contributed by atoms with E-state index in [1.165, 1.54) is 6.42 Å². The average molecular weight is 264 g/mol. The molecule has 2 heterocycles. The Balaban J connectivity index is 2.31.